The summed E-state index contributed by atoms with van der Waals surface area (Å²) in [4.78, 5) is 0. The topological polar surface area (TPSA) is 20.2 Å². The lowest BCUT2D eigenvalue weighted by Gasteiger charge is -2.54. The van der Waals surface area contributed by atoms with Crippen LogP contribution in [0.4, 0.5) is 0 Å². The number of aliphatic hydroxyl groups excluding tert-OH is 1. The molecule has 2 aliphatic carbocycles. The van der Waals surface area contributed by atoms with E-state index in [0.717, 1.165) is 5.92 Å². The van der Waals surface area contributed by atoms with Crippen LogP contribution in [0, 0.1) is 29.1 Å². The predicted molar refractivity (Wildman–Crippen MR) is 68.2 cm³/mol. The molecule has 0 heterocycles. The minimum Gasteiger partial charge on any atom is -0.393 e. The van der Waals surface area contributed by atoms with E-state index in [9.17, 15) is 5.11 Å². The van der Waals surface area contributed by atoms with E-state index >= 15 is 0 Å². The van der Waals surface area contributed by atoms with Crippen molar-refractivity contribution in [3.63, 3.8) is 0 Å². The van der Waals surface area contributed by atoms with Crippen LogP contribution in [-0.4, -0.2) is 11.2 Å². The van der Waals surface area contributed by atoms with Gasteiger partial charge in [-0.15, -0.1) is 0 Å². The van der Waals surface area contributed by atoms with Gasteiger partial charge in [-0.05, 0) is 48.3 Å². The second-order valence-corrected chi connectivity index (χ2v) is 6.99. The molecule has 5 atom stereocenters. The molecule has 0 aliphatic heterocycles. The first-order valence-corrected chi connectivity index (χ1v) is 7.14. The normalized spacial score (nSPS) is 49.1. The van der Waals surface area contributed by atoms with Crippen LogP contribution in [0.2, 0.25) is 0 Å². The van der Waals surface area contributed by atoms with Gasteiger partial charge in [0.25, 0.3) is 0 Å². The van der Waals surface area contributed by atoms with Crippen molar-refractivity contribution in [3.8, 4) is 0 Å². The van der Waals surface area contributed by atoms with Crippen molar-refractivity contribution in [2.75, 3.05) is 0 Å². The molecule has 94 valence electrons. The fourth-order valence-electron chi connectivity index (χ4n) is 4.56. The van der Waals surface area contributed by atoms with E-state index in [0.29, 0.717) is 23.2 Å². The zero-order valence-corrected chi connectivity index (χ0v) is 11.4. The highest BCUT2D eigenvalue weighted by molar-refractivity contribution is 4.99. The summed E-state index contributed by atoms with van der Waals surface area (Å²) in [7, 11) is 0. The van der Waals surface area contributed by atoms with Crippen molar-refractivity contribution in [1.29, 1.82) is 0 Å². The molecule has 1 nitrogen and oxygen atoms in total. The molecule has 0 aromatic heterocycles. The Bertz CT molecular complexity index is 248. The summed E-state index contributed by atoms with van der Waals surface area (Å²) in [5, 5.41) is 10.7. The van der Waals surface area contributed by atoms with Crippen LogP contribution in [0.15, 0.2) is 0 Å². The summed E-state index contributed by atoms with van der Waals surface area (Å²) in [5.74, 6) is 2.45. The zero-order chi connectivity index (χ0) is 11.9. The SMILES string of the molecule is CC(C)[C@H]1CC[C@]2(C)CCC[C@H](C)C2[C@@H]1O. The van der Waals surface area contributed by atoms with Gasteiger partial charge in [0.1, 0.15) is 0 Å². The maximum Gasteiger partial charge on any atom is 0.0606 e. The molecule has 0 bridgehead atoms. The van der Waals surface area contributed by atoms with Gasteiger partial charge in [-0.3, -0.25) is 0 Å². The maximum atomic E-state index is 10.7. The fraction of sp³-hybridized carbons (Fsp3) is 1.00. The molecule has 0 saturated heterocycles. The summed E-state index contributed by atoms with van der Waals surface area (Å²) in [6.07, 6.45) is 6.55. The van der Waals surface area contributed by atoms with Crippen molar-refractivity contribution in [1.82, 2.24) is 0 Å². The number of aliphatic hydroxyl groups is 1. The Labute approximate surface area is 101 Å². The predicted octanol–water partition coefficient (Wildman–Crippen LogP) is 3.86. The van der Waals surface area contributed by atoms with E-state index in [1.807, 2.05) is 0 Å². The first-order valence-electron chi connectivity index (χ1n) is 7.14. The summed E-state index contributed by atoms with van der Waals surface area (Å²) >= 11 is 0. The summed E-state index contributed by atoms with van der Waals surface area (Å²) in [6, 6.07) is 0. The van der Waals surface area contributed by atoms with Crippen LogP contribution < -0.4 is 0 Å². The third-order valence-corrected chi connectivity index (χ3v) is 5.54. The molecule has 0 aromatic carbocycles. The second-order valence-electron chi connectivity index (χ2n) is 6.99. The molecule has 16 heavy (non-hydrogen) atoms. The van der Waals surface area contributed by atoms with Gasteiger partial charge in [0.05, 0.1) is 6.10 Å². The highest BCUT2D eigenvalue weighted by atomic mass is 16.3. The van der Waals surface area contributed by atoms with Gasteiger partial charge in [0.15, 0.2) is 0 Å². The highest BCUT2D eigenvalue weighted by Crippen LogP contribution is 2.54. The van der Waals surface area contributed by atoms with E-state index in [2.05, 4.69) is 27.7 Å². The third kappa shape index (κ3) is 1.92. The fourth-order valence-corrected chi connectivity index (χ4v) is 4.56. The summed E-state index contributed by atoms with van der Waals surface area (Å²) in [6.45, 7) is 9.31. The first kappa shape index (κ1) is 12.4. The minimum absolute atomic E-state index is 0.0472. The first-order chi connectivity index (χ1) is 7.46. The smallest absolute Gasteiger partial charge is 0.0606 e. The van der Waals surface area contributed by atoms with Crippen LogP contribution in [-0.2, 0) is 0 Å². The van der Waals surface area contributed by atoms with Gasteiger partial charge in [-0.25, -0.2) is 0 Å². The van der Waals surface area contributed by atoms with Gasteiger partial charge < -0.3 is 5.11 Å². The van der Waals surface area contributed by atoms with Crippen molar-refractivity contribution in [3.05, 3.63) is 0 Å². The third-order valence-electron chi connectivity index (χ3n) is 5.54. The molecule has 1 unspecified atom stereocenters. The Balaban J connectivity index is 2.20. The zero-order valence-electron chi connectivity index (χ0n) is 11.4. The van der Waals surface area contributed by atoms with E-state index in [1.165, 1.54) is 32.1 Å². The van der Waals surface area contributed by atoms with E-state index in [1.54, 1.807) is 0 Å². The molecule has 0 amide bonds. The molecule has 2 saturated carbocycles. The van der Waals surface area contributed by atoms with Crippen molar-refractivity contribution in [2.24, 2.45) is 29.1 Å². The second kappa shape index (κ2) is 4.33. The van der Waals surface area contributed by atoms with Gasteiger partial charge in [0, 0.05) is 0 Å². The summed E-state index contributed by atoms with van der Waals surface area (Å²) < 4.78 is 0. The van der Waals surface area contributed by atoms with E-state index in [4.69, 9.17) is 0 Å². The van der Waals surface area contributed by atoms with Gasteiger partial charge in [0.2, 0.25) is 0 Å². The van der Waals surface area contributed by atoms with Crippen LogP contribution in [0.5, 0.6) is 0 Å². The molecule has 0 aromatic rings. The summed E-state index contributed by atoms with van der Waals surface area (Å²) in [5.41, 5.74) is 0.433. The van der Waals surface area contributed by atoms with Crippen LogP contribution >= 0.6 is 0 Å². The van der Waals surface area contributed by atoms with Gasteiger partial charge in [-0.2, -0.15) is 0 Å². The average Bonchev–Trinajstić information content (AvgIpc) is 2.16. The van der Waals surface area contributed by atoms with Crippen molar-refractivity contribution < 1.29 is 5.11 Å². The van der Waals surface area contributed by atoms with Crippen LogP contribution in [0.3, 0.4) is 0 Å². The number of hydrogen-bond acceptors (Lipinski definition) is 1. The lowest BCUT2D eigenvalue weighted by molar-refractivity contribution is -0.112. The monoisotopic (exact) mass is 224 g/mol. The Kier molecular flexibility index (Phi) is 3.36. The lowest BCUT2D eigenvalue weighted by Crippen LogP contribution is -2.51. The van der Waals surface area contributed by atoms with Crippen LogP contribution in [0.1, 0.15) is 59.8 Å². The number of hydrogen-bond donors (Lipinski definition) is 1. The molecule has 2 fully saturated rings. The number of rotatable bonds is 1. The van der Waals surface area contributed by atoms with Gasteiger partial charge >= 0.3 is 0 Å². The Morgan fingerprint density at radius 1 is 1.19 bits per heavy atom. The quantitative estimate of drug-likeness (QED) is 0.717. The molecule has 2 rings (SSSR count). The van der Waals surface area contributed by atoms with Crippen LogP contribution in [0.25, 0.3) is 0 Å². The lowest BCUT2D eigenvalue weighted by atomic mass is 9.53. The average molecular weight is 224 g/mol. The molecule has 1 N–H and O–H groups in total. The number of fused-ring (bicyclic) bond motifs is 1. The molecular formula is C15H28O. The Morgan fingerprint density at radius 2 is 1.88 bits per heavy atom. The molecule has 2 aliphatic rings. The standard InChI is InChI=1S/C15H28O/c1-10(2)12-7-9-15(4)8-5-6-11(3)13(15)14(12)16/h10-14,16H,5-9H2,1-4H3/t11-,12+,13?,14+,15-/m0/s1. The van der Waals surface area contributed by atoms with E-state index < -0.39 is 0 Å². The molecule has 1 heteroatoms. The largest absolute Gasteiger partial charge is 0.393 e. The molecule has 0 radical (unpaired) electrons. The van der Waals surface area contributed by atoms with Crippen molar-refractivity contribution >= 4 is 0 Å². The van der Waals surface area contributed by atoms with E-state index in [-0.39, 0.29) is 6.10 Å². The van der Waals surface area contributed by atoms with Crippen molar-refractivity contribution in [2.45, 2.75) is 65.9 Å². The molecular weight excluding hydrogens is 196 g/mol. The highest BCUT2D eigenvalue weighted by Gasteiger charge is 2.49. The Hall–Kier alpha value is -0.0400. The Morgan fingerprint density at radius 3 is 2.50 bits per heavy atom. The van der Waals surface area contributed by atoms with Gasteiger partial charge in [-0.1, -0.05) is 40.5 Å². The molecule has 0 spiro atoms. The minimum atomic E-state index is -0.0472. The maximum absolute atomic E-state index is 10.7.